The summed E-state index contributed by atoms with van der Waals surface area (Å²) >= 11 is 0. The average Bonchev–Trinajstić information content (AvgIpc) is 3.78. The summed E-state index contributed by atoms with van der Waals surface area (Å²) in [5.74, 6) is -7.35. The molecule has 10 atom stereocenters. The van der Waals surface area contributed by atoms with Crippen molar-refractivity contribution in [2.45, 2.75) is 113 Å². The Kier molecular flexibility index (Phi) is 22.1. The number of nitrogens with one attached hydrogen (secondary N) is 7. The first-order valence-electron chi connectivity index (χ1n) is 24.0. The number of aliphatic hydroxyl groups is 2. The minimum absolute atomic E-state index is 0.0158. The third kappa shape index (κ3) is 16.8. The Balaban J connectivity index is 1.60. The van der Waals surface area contributed by atoms with E-state index >= 15 is 4.79 Å². The van der Waals surface area contributed by atoms with Crippen molar-refractivity contribution in [2.75, 3.05) is 25.1 Å². The number of hydrogen-bond acceptors (Lipinski definition) is 14. The molecule has 2 heterocycles. The molecule has 73 heavy (non-hydrogen) atoms. The van der Waals surface area contributed by atoms with Gasteiger partial charge in [-0.2, -0.15) is 0 Å². The zero-order valence-corrected chi connectivity index (χ0v) is 42.6. The van der Waals surface area contributed by atoms with Crippen LogP contribution in [0.2, 0.25) is 0 Å². The number of H-pyrrole nitrogens is 1. The maximum Gasteiger partial charge on any atom is 0.245 e. The molecule has 1 aliphatic rings. The number of carbonyl (C=O) groups is 8. The van der Waals surface area contributed by atoms with Gasteiger partial charge in [0.25, 0.3) is 0 Å². The van der Waals surface area contributed by atoms with Crippen molar-refractivity contribution in [3.8, 4) is 0 Å². The number of para-hydroxylation sites is 1. The molecule has 21 nitrogen and oxygen atoms in total. The fourth-order valence-electron chi connectivity index (χ4n) is 8.11. The van der Waals surface area contributed by atoms with Gasteiger partial charge >= 0.3 is 0 Å². The van der Waals surface area contributed by atoms with Crippen LogP contribution in [0.25, 0.3) is 10.9 Å². The van der Waals surface area contributed by atoms with Gasteiger partial charge < -0.3 is 69.2 Å². The number of aliphatic hydroxyl groups excluding tert-OH is 2. The van der Waals surface area contributed by atoms with Crippen molar-refractivity contribution >= 4 is 79.7 Å². The minimum Gasteiger partial charge on any atom is -0.391 e. The molecular weight excluding hydrogens is 979 g/mol. The van der Waals surface area contributed by atoms with Crippen LogP contribution >= 0.6 is 21.6 Å². The number of amides is 8. The Labute approximate surface area is 431 Å². The van der Waals surface area contributed by atoms with Gasteiger partial charge in [-0.05, 0) is 68.8 Å². The maximum atomic E-state index is 15.1. The maximum absolute atomic E-state index is 15.1. The second-order valence-corrected chi connectivity index (χ2v) is 20.5. The van der Waals surface area contributed by atoms with Crippen LogP contribution in [0.15, 0.2) is 91.1 Å². The molecule has 0 aliphatic carbocycles. The largest absolute Gasteiger partial charge is 0.391 e. The Morgan fingerprint density at radius 2 is 1.40 bits per heavy atom. The first-order valence-corrected chi connectivity index (χ1v) is 26.4. The molecule has 0 spiro atoms. The summed E-state index contributed by atoms with van der Waals surface area (Å²) in [7, 11) is 3.39. The van der Waals surface area contributed by atoms with E-state index in [1.54, 1.807) is 60.8 Å². The van der Waals surface area contributed by atoms with Crippen LogP contribution in [-0.2, 0) is 57.6 Å². The predicted octanol–water partition coefficient (Wildman–Crippen LogP) is -0.970. The lowest BCUT2D eigenvalue weighted by Crippen LogP contribution is -2.63. The van der Waals surface area contributed by atoms with Gasteiger partial charge in [-0.25, -0.2) is 0 Å². The lowest BCUT2D eigenvalue weighted by Gasteiger charge is -2.33. The summed E-state index contributed by atoms with van der Waals surface area (Å²) in [4.78, 5) is 117. The van der Waals surface area contributed by atoms with E-state index < -0.39 is 108 Å². The third-order valence-electron chi connectivity index (χ3n) is 12.3. The molecule has 5 rings (SSSR count). The molecule has 1 saturated heterocycles. The summed E-state index contributed by atoms with van der Waals surface area (Å²) in [5, 5.41) is 37.7. The number of aromatic nitrogens is 1. The molecule has 8 amide bonds. The standard InChI is InChI=1S/C50H67N11O10S2/c1-28(62)41(43(53)64)59-47(68)39-27-73-72-26-38(57-44(65)34(52)22-30-14-6-4-7-15-30)46(67)56-37(23-31-16-8-5-9-17-31)50(71)61(3)40(24-32-25-54-35-19-11-10-18-33(32)35)48(69)55-36(20-12-13-21-51)45(66)60-42(29(2)63)49(70)58-39/h4-11,14-19,25,28-29,34,36-42,54,62-63H,12-13,20-24,26-27,51-52H2,1-3H3,(H2,53,64)(H,55,69)(H,56,67)(H,57,65)(H,58,70)(H,59,68)(H,60,66). The van der Waals surface area contributed by atoms with E-state index in [0.717, 1.165) is 38.1 Å². The van der Waals surface area contributed by atoms with Gasteiger partial charge in [-0.15, -0.1) is 0 Å². The smallest absolute Gasteiger partial charge is 0.245 e. The molecule has 394 valence electrons. The number of aromatic amines is 1. The molecule has 1 aromatic heterocycles. The lowest BCUT2D eigenvalue weighted by molar-refractivity contribution is -0.143. The predicted molar refractivity (Wildman–Crippen MR) is 279 cm³/mol. The molecule has 15 N–H and O–H groups in total. The molecule has 1 fully saturated rings. The number of benzene rings is 3. The van der Waals surface area contributed by atoms with E-state index in [1.807, 2.05) is 30.3 Å². The number of unbranched alkanes of at least 4 members (excludes halogenated alkanes) is 1. The van der Waals surface area contributed by atoms with Crippen molar-refractivity contribution in [3.05, 3.63) is 108 Å². The highest BCUT2D eigenvalue weighted by Gasteiger charge is 2.38. The van der Waals surface area contributed by atoms with E-state index in [2.05, 4.69) is 36.9 Å². The van der Waals surface area contributed by atoms with Crippen molar-refractivity contribution < 1.29 is 48.6 Å². The number of likely N-dealkylation sites (N-methyl/N-ethyl adjacent to an activating group) is 1. The van der Waals surface area contributed by atoms with Crippen LogP contribution in [0.3, 0.4) is 0 Å². The lowest BCUT2D eigenvalue weighted by atomic mass is 9.99. The van der Waals surface area contributed by atoms with Crippen LogP contribution in [0.5, 0.6) is 0 Å². The van der Waals surface area contributed by atoms with Gasteiger partial charge in [0.05, 0.1) is 18.2 Å². The van der Waals surface area contributed by atoms with Crippen molar-refractivity contribution in [2.24, 2.45) is 17.2 Å². The molecule has 23 heteroatoms. The van der Waals surface area contributed by atoms with Crippen molar-refractivity contribution in [3.63, 3.8) is 0 Å². The number of hydrogen-bond donors (Lipinski definition) is 12. The third-order valence-corrected chi connectivity index (χ3v) is 14.7. The number of primary amides is 1. The summed E-state index contributed by atoms with van der Waals surface area (Å²) in [5.41, 5.74) is 20.5. The normalized spacial score (nSPS) is 22.6. The Morgan fingerprint density at radius 1 is 0.767 bits per heavy atom. The fraction of sp³-hybridized carbons (Fsp3) is 0.440. The van der Waals surface area contributed by atoms with Crippen LogP contribution in [0.4, 0.5) is 0 Å². The van der Waals surface area contributed by atoms with Gasteiger partial charge in [0.2, 0.25) is 47.3 Å². The summed E-state index contributed by atoms with van der Waals surface area (Å²) < 4.78 is 0. The number of carbonyl (C=O) groups excluding carboxylic acids is 8. The Morgan fingerprint density at radius 3 is 2.04 bits per heavy atom. The number of fused-ring (bicyclic) bond motifs is 1. The van der Waals surface area contributed by atoms with Crippen LogP contribution < -0.4 is 49.1 Å². The number of nitrogens with two attached hydrogens (primary N) is 3. The summed E-state index contributed by atoms with van der Waals surface area (Å²) in [6.07, 6.45) is -0.493. The average molecular weight is 1050 g/mol. The Bertz CT molecular complexity index is 2520. The minimum atomic E-state index is -1.71. The molecule has 1 aliphatic heterocycles. The SMILES string of the molecule is CC(O)C(NC(=O)C1CSSCC(NC(=O)C(N)Cc2ccccc2)C(=O)NC(Cc2ccccc2)C(=O)N(C)C(Cc2c[nH]c3ccccc23)C(=O)NC(CCCCN)C(=O)NC(C(C)O)C(=O)N1)C(N)=O. The topological polar surface area (TPSA) is 346 Å². The fourth-order valence-corrected chi connectivity index (χ4v) is 10.4. The zero-order valence-electron chi connectivity index (χ0n) is 41.0. The first-order chi connectivity index (χ1) is 34.9. The van der Waals surface area contributed by atoms with Crippen molar-refractivity contribution in [1.29, 1.82) is 0 Å². The zero-order chi connectivity index (χ0) is 53.2. The molecule has 0 radical (unpaired) electrons. The second kappa shape index (κ2) is 28.1. The van der Waals surface area contributed by atoms with E-state index in [1.165, 1.54) is 25.8 Å². The van der Waals surface area contributed by atoms with Gasteiger partial charge in [-0.1, -0.05) is 100 Å². The van der Waals surface area contributed by atoms with Crippen LogP contribution in [-0.4, -0.2) is 153 Å². The molecule has 0 bridgehead atoms. The highest BCUT2D eigenvalue weighted by molar-refractivity contribution is 8.76. The quantitative estimate of drug-likeness (QED) is 0.0448. The number of rotatable bonds is 17. The second-order valence-electron chi connectivity index (χ2n) is 18.0. The monoisotopic (exact) mass is 1050 g/mol. The summed E-state index contributed by atoms with van der Waals surface area (Å²) in [6.45, 7) is 2.71. The van der Waals surface area contributed by atoms with Gasteiger partial charge in [-0.3, -0.25) is 38.4 Å². The molecule has 10 unspecified atom stereocenters. The van der Waals surface area contributed by atoms with E-state index in [9.17, 15) is 43.8 Å². The highest BCUT2D eigenvalue weighted by Crippen LogP contribution is 2.25. The van der Waals surface area contributed by atoms with E-state index in [-0.39, 0.29) is 43.7 Å². The Hall–Kier alpha value is -6.50. The van der Waals surface area contributed by atoms with Gasteiger partial charge in [0.15, 0.2) is 0 Å². The molecular formula is C50H67N11O10S2. The van der Waals surface area contributed by atoms with Crippen LogP contribution in [0.1, 0.15) is 49.8 Å². The first kappa shape index (κ1) is 57.4. The molecule has 0 saturated carbocycles. The van der Waals surface area contributed by atoms with Gasteiger partial charge in [0.1, 0.15) is 42.3 Å². The van der Waals surface area contributed by atoms with E-state index in [4.69, 9.17) is 17.2 Å². The highest BCUT2D eigenvalue weighted by atomic mass is 33.1. The molecule has 3 aromatic carbocycles. The summed E-state index contributed by atoms with van der Waals surface area (Å²) in [6, 6.07) is 13.9. The van der Waals surface area contributed by atoms with E-state index in [0.29, 0.717) is 24.0 Å². The molecule has 4 aromatic rings. The van der Waals surface area contributed by atoms with Crippen LogP contribution in [0, 0.1) is 0 Å². The van der Waals surface area contributed by atoms with Gasteiger partial charge in [0, 0.05) is 48.5 Å². The number of nitrogens with zero attached hydrogens (tertiary/aromatic N) is 1. The van der Waals surface area contributed by atoms with Crippen molar-refractivity contribution in [1.82, 2.24) is 41.8 Å².